The lowest BCUT2D eigenvalue weighted by Gasteiger charge is -2.44. The van der Waals surface area contributed by atoms with E-state index in [-0.39, 0.29) is 24.7 Å². The normalized spacial score (nSPS) is 18.0. The van der Waals surface area contributed by atoms with Crippen LogP contribution in [0.15, 0.2) is 77.3 Å². The van der Waals surface area contributed by atoms with Crippen LogP contribution in [-0.2, 0) is 9.53 Å². The summed E-state index contributed by atoms with van der Waals surface area (Å²) < 4.78 is 11.6. The predicted molar refractivity (Wildman–Crippen MR) is 125 cm³/mol. The van der Waals surface area contributed by atoms with Crippen LogP contribution >= 0.6 is 15.9 Å². The van der Waals surface area contributed by atoms with Gasteiger partial charge in [0.25, 0.3) is 0 Å². The van der Waals surface area contributed by atoms with Crippen LogP contribution in [0, 0.1) is 0 Å². The van der Waals surface area contributed by atoms with E-state index in [1.807, 2.05) is 55.5 Å². The summed E-state index contributed by atoms with van der Waals surface area (Å²) in [7, 11) is 1.65. The third kappa shape index (κ3) is 4.60. The van der Waals surface area contributed by atoms with Gasteiger partial charge in [0.05, 0.1) is 26.3 Å². The fourth-order valence-electron chi connectivity index (χ4n) is 4.05. The van der Waals surface area contributed by atoms with E-state index < -0.39 is 0 Å². The molecule has 0 aromatic heterocycles. The van der Waals surface area contributed by atoms with E-state index in [2.05, 4.69) is 50.4 Å². The summed E-state index contributed by atoms with van der Waals surface area (Å²) in [4.78, 5) is 14.8. The molecule has 1 heterocycles. The van der Waals surface area contributed by atoms with Crippen molar-refractivity contribution in [3.05, 3.63) is 94.0 Å². The number of ether oxygens (including phenoxy) is 2. The van der Waals surface area contributed by atoms with Gasteiger partial charge in [0.2, 0.25) is 0 Å². The van der Waals surface area contributed by atoms with Gasteiger partial charge in [-0.3, -0.25) is 9.69 Å². The highest BCUT2D eigenvalue weighted by molar-refractivity contribution is 9.10. The van der Waals surface area contributed by atoms with Gasteiger partial charge in [0.1, 0.15) is 11.9 Å². The minimum Gasteiger partial charge on any atom is -0.497 e. The largest absolute Gasteiger partial charge is 0.497 e. The minimum absolute atomic E-state index is 0.119. The molecule has 2 atom stereocenters. The van der Waals surface area contributed by atoms with Crippen molar-refractivity contribution in [2.45, 2.75) is 19.1 Å². The Morgan fingerprint density at radius 2 is 1.77 bits per heavy atom. The van der Waals surface area contributed by atoms with Gasteiger partial charge in [-0.25, -0.2) is 0 Å². The fourth-order valence-corrected chi connectivity index (χ4v) is 4.43. The highest BCUT2D eigenvalue weighted by Crippen LogP contribution is 2.44. The molecule has 0 bridgehead atoms. The van der Waals surface area contributed by atoms with Crippen LogP contribution in [0.5, 0.6) is 5.75 Å². The number of hydrogen-bond acceptors (Lipinski definition) is 5. The topological polar surface area (TPSA) is 50.8 Å². The Balaban J connectivity index is 1.85. The molecule has 1 aliphatic heterocycles. The van der Waals surface area contributed by atoms with Crippen molar-refractivity contribution in [1.82, 2.24) is 4.90 Å². The molecular formula is C25H25BrN2O3. The maximum Gasteiger partial charge on any atom is 0.320 e. The Morgan fingerprint density at radius 3 is 2.45 bits per heavy atom. The number of nitrogens with one attached hydrogen (secondary N) is 1. The first-order chi connectivity index (χ1) is 15.1. The molecule has 4 rings (SSSR count). The molecular weight excluding hydrogens is 456 g/mol. The number of esters is 1. The number of anilines is 1. The molecule has 0 saturated heterocycles. The van der Waals surface area contributed by atoms with Gasteiger partial charge in [0, 0.05) is 10.2 Å². The van der Waals surface area contributed by atoms with Crippen LogP contribution in [0.4, 0.5) is 5.69 Å². The lowest BCUT2D eigenvalue weighted by molar-refractivity contribution is -0.145. The average molecular weight is 481 g/mol. The molecule has 0 amide bonds. The smallest absolute Gasteiger partial charge is 0.320 e. The zero-order valence-corrected chi connectivity index (χ0v) is 19.1. The number of rotatable bonds is 6. The summed E-state index contributed by atoms with van der Waals surface area (Å²) >= 11 is 3.61. The third-order valence-corrected chi connectivity index (χ3v) is 5.92. The summed E-state index contributed by atoms with van der Waals surface area (Å²) in [6.45, 7) is 2.34. The summed E-state index contributed by atoms with van der Waals surface area (Å²) in [5, 5.41) is 3.63. The average Bonchev–Trinajstić information content (AvgIpc) is 2.79. The molecule has 31 heavy (non-hydrogen) atoms. The van der Waals surface area contributed by atoms with E-state index >= 15 is 0 Å². The molecule has 0 saturated carbocycles. The van der Waals surface area contributed by atoms with Gasteiger partial charge in [-0.15, -0.1) is 0 Å². The van der Waals surface area contributed by atoms with Gasteiger partial charge >= 0.3 is 5.97 Å². The summed E-state index contributed by atoms with van der Waals surface area (Å²) in [5.41, 5.74) is 4.30. The van der Waals surface area contributed by atoms with Crippen molar-refractivity contribution in [2.24, 2.45) is 0 Å². The van der Waals surface area contributed by atoms with Crippen LogP contribution in [0.3, 0.4) is 0 Å². The molecule has 0 radical (unpaired) electrons. The standard InChI is InChI=1S/C25H25BrN2O3/c1-3-31-23(29)16-28-24(17-7-5-4-6-8-17)21-15-19(26)11-14-22(21)27-25(28)18-9-12-20(30-2)13-10-18/h4-15,24-25,27H,3,16H2,1-2H3/t24-,25+/m1/s1. The summed E-state index contributed by atoms with van der Waals surface area (Å²) in [6.07, 6.45) is -0.214. The second-order valence-corrected chi connectivity index (χ2v) is 8.26. The Hall–Kier alpha value is -2.83. The maximum atomic E-state index is 12.6. The zero-order valence-electron chi connectivity index (χ0n) is 17.5. The number of carbonyl (C=O) groups excluding carboxylic acids is 1. The van der Waals surface area contributed by atoms with Crippen molar-refractivity contribution in [3.63, 3.8) is 0 Å². The van der Waals surface area contributed by atoms with Gasteiger partial charge in [-0.2, -0.15) is 0 Å². The monoisotopic (exact) mass is 480 g/mol. The van der Waals surface area contributed by atoms with Crippen molar-refractivity contribution in [3.8, 4) is 5.75 Å². The number of carbonyl (C=O) groups is 1. The number of benzene rings is 3. The molecule has 5 nitrogen and oxygen atoms in total. The fraction of sp³-hybridized carbons (Fsp3) is 0.240. The van der Waals surface area contributed by atoms with Gasteiger partial charge in [-0.1, -0.05) is 58.4 Å². The molecule has 0 spiro atoms. The van der Waals surface area contributed by atoms with Crippen molar-refractivity contribution < 1.29 is 14.3 Å². The van der Waals surface area contributed by atoms with Crippen LogP contribution in [0.2, 0.25) is 0 Å². The summed E-state index contributed by atoms with van der Waals surface area (Å²) in [5.74, 6) is 0.544. The van der Waals surface area contributed by atoms with Gasteiger partial charge < -0.3 is 14.8 Å². The molecule has 160 valence electrons. The van der Waals surface area contributed by atoms with Crippen molar-refractivity contribution >= 4 is 27.6 Å². The Bertz CT molecular complexity index is 1040. The number of hydrogen-bond donors (Lipinski definition) is 1. The molecule has 6 heteroatoms. The number of fused-ring (bicyclic) bond motifs is 1. The van der Waals surface area contributed by atoms with Crippen LogP contribution in [-0.4, -0.2) is 31.1 Å². The van der Waals surface area contributed by atoms with E-state index in [1.54, 1.807) is 7.11 Å². The van der Waals surface area contributed by atoms with Crippen LogP contribution < -0.4 is 10.1 Å². The van der Waals surface area contributed by atoms with Crippen molar-refractivity contribution in [1.29, 1.82) is 0 Å². The number of methoxy groups -OCH3 is 1. The Morgan fingerprint density at radius 1 is 1.03 bits per heavy atom. The van der Waals surface area contributed by atoms with E-state index in [9.17, 15) is 4.79 Å². The second-order valence-electron chi connectivity index (χ2n) is 7.34. The molecule has 0 fully saturated rings. The van der Waals surface area contributed by atoms with Gasteiger partial charge in [0.15, 0.2) is 0 Å². The molecule has 3 aromatic carbocycles. The van der Waals surface area contributed by atoms with E-state index in [0.29, 0.717) is 6.61 Å². The van der Waals surface area contributed by atoms with E-state index in [0.717, 1.165) is 32.6 Å². The SMILES string of the molecule is CCOC(=O)CN1[C@H](c2ccccc2)c2cc(Br)ccc2N[C@@H]1c1ccc(OC)cc1. The zero-order chi connectivity index (χ0) is 21.8. The van der Waals surface area contributed by atoms with E-state index in [1.165, 1.54) is 0 Å². The van der Waals surface area contributed by atoms with Crippen LogP contribution in [0.25, 0.3) is 0 Å². The van der Waals surface area contributed by atoms with Crippen molar-refractivity contribution in [2.75, 3.05) is 25.6 Å². The summed E-state index contributed by atoms with van der Waals surface area (Å²) in [6, 6.07) is 24.3. The number of nitrogens with zero attached hydrogens (tertiary/aromatic N) is 1. The third-order valence-electron chi connectivity index (χ3n) is 5.43. The van der Waals surface area contributed by atoms with Crippen LogP contribution in [0.1, 0.15) is 35.8 Å². The first kappa shape index (κ1) is 21.4. The Labute approximate surface area is 191 Å². The van der Waals surface area contributed by atoms with E-state index in [4.69, 9.17) is 9.47 Å². The lowest BCUT2D eigenvalue weighted by atomic mass is 9.91. The molecule has 3 aromatic rings. The quantitative estimate of drug-likeness (QED) is 0.469. The highest BCUT2D eigenvalue weighted by Gasteiger charge is 2.37. The molecule has 1 aliphatic rings. The molecule has 0 unspecified atom stereocenters. The predicted octanol–water partition coefficient (Wildman–Crippen LogP) is 5.54. The molecule has 1 N–H and O–H groups in total. The second kappa shape index (κ2) is 9.54. The maximum absolute atomic E-state index is 12.6. The number of halogens is 1. The minimum atomic E-state index is -0.248. The molecule has 0 aliphatic carbocycles. The first-order valence-electron chi connectivity index (χ1n) is 10.3. The first-order valence-corrected chi connectivity index (χ1v) is 11.1. The van der Waals surface area contributed by atoms with Gasteiger partial charge in [-0.05, 0) is 53.9 Å². The lowest BCUT2D eigenvalue weighted by Crippen LogP contribution is -2.44. The highest BCUT2D eigenvalue weighted by atomic mass is 79.9. The Kier molecular flexibility index (Phi) is 6.59.